The molecule has 7 aliphatic rings. The van der Waals surface area contributed by atoms with E-state index in [9.17, 15) is 69.6 Å². The van der Waals surface area contributed by atoms with Gasteiger partial charge in [-0.15, -0.1) is 0 Å². The SMILES string of the molecule is COc1cccc2c1C(=O)c1c(O)c3c(c(O)c1C2=O)CC(O)(/C(C)=N/NC(=O)C1CC1C(=O)N/N=C(\C)C1(O)Cc2c(O)c4c(c(O)c2C(OC2CC(N)C(O)C(C)O2)C1)C(=O)c1c(OC)cccc1C4=O)CC3OC1CC(N)C(O)C(C)O1. The normalized spacial score (nSPS) is 31.3. The number of nitrogens with zero attached hydrogens (tertiary/aromatic N) is 2. The fourth-order valence-corrected chi connectivity index (χ4v) is 12.8. The number of aliphatic hydroxyl groups is 4. The number of nitrogens with two attached hydrogens (primary N) is 2. The summed E-state index contributed by atoms with van der Waals surface area (Å²) < 4.78 is 35.3. The highest BCUT2D eigenvalue weighted by Gasteiger charge is 2.53. The summed E-state index contributed by atoms with van der Waals surface area (Å²) in [5.41, 5.74) is 9.51. The number of fused-ring (bicyclic) bond motifs is 6. The Bertz CT molecular complexity index is 3370. The van der Waals surface area contributed by atoms with Gasteiger partial charge in [-0.2, -0.15) is 10.2 Å². The van der Waals surface area contributed by atoms with Crippen LogP contribution in [0.15, 0.2) is 46.6 Å². The van der Waals surface area contributed by atoms with Crippen LogP contribution in [0.25, 0.3) is 0 Å². The number of rotatable bonds is 12. The first-order chi connectivity index (χ1) is 40.2. The number of phenolic OH excluding ortho intramolecular Hbond substituents is 4. The van der Waals surface area contributed by atoms with Gasteiger partial charge in [0, 0.05) is 84.0 Å². The number of hydrazone groups is 2. The topological polar surface area (TPSA) is 420 Å². The summed E-state index contributed by atoms with van der Waals surface area (Å²) >= 11 is 0. The maximum absolute atomic E-state index is 14.2. The lowest BCUT2D eigenvalue weighted by molar-refractivity contribution is -0.246. The lowest BCUT2D eigenvalue weighted by Gasteiger charge is -2.42. The molecule has 26 heteroatoms. The first-order valence-corrected chi connectivity index (χ1v) is 27.6. The molecular weight excluding hydrogens is 1110 g/mol. The highest BCUT2D eigenvalue weighted by atomic mass is 16.7. The largest absolute Gasteiger partial charge is 0.507 e. The number of carbonyl (C=O) groups is 6. The molecule has 5 aliphatic carbocycles. The second-order valence-corrected chi connectivity index (χ2v) is 23.0. The molecule has 0 aromatic heterocycles. The van der Waals surface area contributed by atoms with Crippen LogP contribution in [-0.2, 0) is 41.4 Å². The van der Waals surface area contributed by atoms with Crippen molar-refractivity contribution in [3.05, 3.63) is 103 Å². The summed E-state index contributed by atoms with van der Waals surface area (Å²) in [6, 6.07) is 6.99. The van der Waals surface area contributed by atoms with Gasteiger partial charge in [0.2, 0.25) is 23.4 Å². The van der Waals surface area contributed by atoms with Gasteiger partial charge < -0.3 is 80.7 Å². The van der Waals surface area contributed by atoms with E-state index in [2.05, 4.69) is 21.1 Å². The molecule has 4 aromatic carbocycles. The highest BCUT2D eigenvalue weighted by Crippen LogP contribution is 2.55. The number of aromatic hydroxyl groups is 4. The van der Waals surface area contributed by atoms with Crippen molar-refractivity contribution in [1.82, 2.24) is 10.9 Å². The quantitative estimate of drug-likeness (QED) is 0.0469. The zero-order chi connectivity index (χ0) is 61.2. The smallest absolute Gasteiger partial charge is 0.244 e. The minimum Gasteiger partial charge on any atom is -0.507 e. The van der Waals surface area contributed by atoms with Crippen LogP contribution >= 0.6 is 0 Å². The van der Waals surface area contributed by atoms with Gasteiger partial charge in [-0.3, -0.25) is 28.8 Å². The number of aliphatic hydroxyl groups excluding tert-OH is 2. The number of nitrogens with one attached hydrogen (secondary N) is 2. The fraction of sp³-hybridized carbons (Fsp3) is 0.458. The maximum atomic E-state index is 14.2. The van der Waals surface area contributed by atoms with E-state index in [0.29, 0.717) is 0 Å². The van der Waals surface area contributed by atoms with E-state index in [4.69, 9.17) is 39.9 Å². The average Bonchev–Trinajstić information content (AvgIpc) is 2.87. The number of carbonyl (C=O) groups excluding carboxylic acids is 6. The molecule has 0 spiro atoms. The monoisotopic (exact) mass is 1180 g/mol. The van der Waals surface area contributed by atoms with Crippen molar-refractivity contribution in [2.24, 2.45) is 33.5 Å². The second-order valence-electron chi connectivity index (χ2n) is 23.0. The number of ketones is 4. The van der Waals surface area contributed by atoms with E-state index in [1.807, 2.05) is 0 Å². The summed E-state index contributed by atoms with van der Waals surface area (Å²) in [7, 11) is 2.61. The first kappa shape index (κ1) is 59.0. The molecule has 1 saturated carbocycles. The molecule has 2 amide bonds. The average molecular weight is 1180 g/mol. The van der Waals surface area contributed by atoms with Crippen LogP contribution in [0, 0.1) is 11.8 Å². The van der Waals surface area contributed by atoms with Crippen LogP contribution in [0.4, 0.5) is 0 Å². The molecule has 2 saturated heterocycles. The number of hydrogen-bond acceptors (Lipinski definition) is 24. The van der Waals surface area contributed by atoms with Crippen molar-refractivity contribution >= 4 is 46.4 Å². The van der Waals surface area contributed by atoms with Gasteiger partial charge in [-0.05, 0) is 46.2 Å². The number of phenols is 4. The van der Waals surface area contributed by atoms with Gasteiger partial charge in [0.1, 0.15) is 45.7 Å². The molecule has 2 aliphatic heterocycles. The molecule has 26 nitrogen and oxygen atoms in total. The molecule has 14 atom stereocenters. The highest BCUT2D eigenvalue weighted by molar-refractivity contribution is 6.32. The number of benzene rings is 4. The van der Waals surface area contributed by atoms with Crippen LogP contribution in [-0.4, -0.2) is 162 Å². The minimum absolute atomic E-state index is 0.00916. The van der Waals surface area contributed by atoms with Crippen molar-refractivity contribution in [2.75, 3.05) is 14.2 Å². The van der Waals surface area contributed by atoms with E-state index < -0.39 is 190 Å². The van der Waals surface area contributed by atoms with Crippen LogP contribution < -0.4 is 31.8 Å². The lowest BCUT2D eigenvalue weighted by atomic mass is 9.71. The van der Waals surface area contributed by atoms with Gasteiger partial charge in [0.25, 0.3) is 0 Å². The first-order valence-electron chi connectivity index (χ1n) is 27.6. The number of hydrogen-bond donors (Lipinski definition) is 12. The molecule has 3 fully saturated rings. The van der Waals surface area contributed by atoms with Crippen molar-refractivity contribution in [3.63, 3.8) is 0 Å². The number of amides is 2. The summed E-state index contributed by atoms with van der Waals surface area (Å²) in [6.07, 6.45) is -10.9. The summed E-state index contributed by atoms with van der Waals surface area (Å²) in [5, 5.41) is 102. The van der Waals surface area contributed by atoms with E-state index in [0.717, 1.165) is 0 Å². The predicted octanol–water partition coefficient (Wildman–Crippen LogP) is 1.51. The number of methoxy groups -OCH3 is 2. The van der Waals surface area contributed by atoms with Gasteiger partial charge in [0.15, 0.2) is 24.1 Å². The van der Waals surface area contributed by atoms with Crippen molar-refractivity contribution in [2.45, 2.75) is 145 Å². The molecular formula is C59H64N6O20. The van der Waals surface area contributed by atoms with E-state index in [1.54, 1.807) is 13.8 Å². The molecule has 11 rings (SSSR count). The molecule has 14 N–H and O–H groups in total. The van der Waals surface area contributed by atoms with Crippen molar-refractivity contribution < 1.29 is 98.0 Å². The van der Waals surface area contributed by atoms with Crippen LogP contribution in [0.2, 0.25) is 0 Å². The van der Waals surface area contributed by atoms with Crippen LogP contribution in [0.1, 0.15) is 158 Å². The lowest BCUT2D eigenvalue weighted by Crippen LogP contribution is -2.52. The summed E-state index contributed by atoms with van der Waals surface area (Å²) in [5.74, 6) is -9.49. The van der Waals surface area contributed by atoms with E-state index in [1.165, 1.54) is 64.5 Å². The maximum Gasteiger partial charge on any atom is 0.244 e. The molecule has 14 unspecified atom stereocenters. The van der Waals surface area contributed by atoms with Crippen LogP contribution in [0.5, 0.6) is 34.5 Å². The van der Waals surface area contributed by atoms with E-state index in [-0.39, 0.29) is 86.7 Å². The predicted molar refractivity (Wildman–Crippen MR) is 293 cm³/mol. The molecule has 450 valence electrons. The van der Waals surface area contributed by atoms with Gasteiger partial charge >= 0.3 is 0 Å². The minimum atomic E-state index is -2.11. The summed E-state index contributed by atoms with van der Waals surface area (Å²) in [6.45, 7) is 5.86. The van der Waals surface area contributed by atoms with Gasteiger partial charge in [-0.25, -0.2) is 10.9 Å². The molecule has 85 heavy (non-hydrogen) atoms. The second kappa shape index (κ2) is 21.6. The molecule has 4 aromatic rings. The van der Waals surface area contributed by atoms with E-state index >= 15 is 0 Å². The van der Waals surface area contributed by atoms with Crippen molar-refractivity contribution in [3.8, 4) is 34.5 Å². The zero-order valence-electron chi connectivity index (χ0n) is 46.9. The molecule has 2 heterocycles. The third-order valence-corrected chi connectivity index (χ3v) is 17.8. The summed E-state index contributed by atoms with van der Waals surface area (Å²) in [4.78, 5) is 84.0. The Hall–Kier alpha value is -7.76. The Morgan fingerprint density at radius 3 is 1.29 bits per heavy atom. The fourth-order valence-electron chi connectivity index (χ4n) is 12.8. The Balaban J connectivity index is 0.827. The van der Waals surface area contributed by atoms with Crippen LogP contribution in [0.3, 0.4) is 0 Å². The zero-order valence-corrected chi connectivity index (χ0v) is 46.9. The Morgan fingerprint density at radius 1 is 0.576 bits per heavy atom. The standard InChI is InChI=1S/C59H64N6O20/c1-20-46(66)30(60)14-36(82-20)84-34-18-58(78,16-28-40(34)54(74)44-42(50(28)70)48(68)24-9-7-11-32(80-5)38(24)52(44)72)22(3)62-64-56(76)26-13-27(26)57(77)65-63-23(4)59(79)17-29-41(35(19-59)85-37-15-31(61)47(67)21(2)83-37)55(75)45-43(51(29)71)49(69)25-10-8-12-33(81-6)39(25)53(45)73/h7-12,20-21,26-27,30-31,34-37,46-47,66-67,70-71,74-75,78-79H,13-19,60-61H2,1-6H3,(H,64,76)(H,65,77)/b62-22+,63-23+. The number of ether oxygens (including phenoxy) is 6. The van der Waals surface area contributed by atoms with Gasteiger partial charge in [0.05, 0.1) is 107 Å². The van der Waals surface area contributed by atoms with Crippen molar-refractivity contribution in [1.29, 1.82) is 0 Å². The Morgan fingerprint density at radius 2 is 0.941 bits per heavy atom. The molecule has 0 bridgehead atoms. The third-order valence-electron chi connectivity index (χ3n) is 17.8. The Labute approximate surface area is 484 Å². The molecule has 0 radical (unpaired) electrons. The third kappa shape index (κ3) is 9.69. The van der Waals surface area contributed by atoms with Gasteiger partial charge in [-0.1, -0.05) is 24.3 Å². The Kier molecular flexibility index (Phi) is 15.0.